The molecule has 0 saturated heterocycles. The summed E-state index contributed by atoms with van der Waals surface area (Å²) in [7, 11) is 0. The van der Waals surface area contributed by atoms with Crippen LogP contribution in [-0.4, -0.2) is 10.2 Å². The molecule has 0 aliphatic rings. The van der Waals surface area contributed by atoms with E-state index in [1.165, 1.54) is 15.5 Å². The minimum absolute atomic E-state index is 0.899. The number of hydrogen-bond acceptors (Lipinski definition) is 3. The number of hydrogen-bond donors (Lipinski definition) is 1. The van der Waals surface area contributed by atoms with Crippen LogP contribution in [0.15, 0.2) is 76.5 Å². The second kappa shape index (κ2) is 7.38. The first kappa shape index (κ1) is 14.3. The molecule has 3 rings (SSSR count). The van der Waals surface area contributed by atoms with Crippen LogP contribution in [0.3, 0.4) is 0 Å². The molecule has 0 saturated carbocycles. The van der Waals surface area contributed by atoms with Gasteiger partial charge in [-0.3, -0.25) is 5.10 Å². The molecule has 2 nitrogen and oxygen atoms in total. The van der Waals surface area contributed by atoms with Crippen LogP contribution < -0.4 is 0 Å². The smallest absolute Gasteiger partial charge is 0.0727 e. The maximum absolute atomic E-state index is 4.38. The van der Waals surface area contributed by atoms with Crippen LogP contribution in [0.5, 0.6) is 0 Å². The highest BCUT2D eigenvalue weighted by Gasteiger charge is 2.03. The molecule has 21 heavy (non-hydrogen) atoms. The summed E-state index contributed by atoms with van der Waals surface area (Å²) >= 11 is 3.64. The monoisotopic (exact) mass is 312 g/mol. The minimum atomic E-state index is 0.899. The molecular formula is C17H16N2S2. The van der Waals surface area contributed by atoms with Gasteiger partial charge in [-0.05, 0) is 30.3 Å². The summed E-state index contributed by atoms with van der Waals surface area (Å²) in [6.07, 6.45) is 0. The van der Waals surface area contributed by atoms with Gasteiger partial charge in [0, 0.05) is 27.0 Å². The molecule has 0 unspecified atom stereocenters. The van der Waals surface area contributed by atoms with E-state index >= 15 is 0 Å². The van der Waals surface area contributed by atoms with Gasteiger partial charge in [-0.1, -0.05) is 36.4 Å². The van der Waals surface area contributed by atoms with E-state index in [-0.39, 0.29) is 0 Å². The Bertz CT molecular complexity index is 608. The molecule has 1 aromatic heterocycles. The summed E-state index contributed by atoms with van der Waals surface area (Å²) in [6.45, 7) is 0. The summed E-state index contributed by atoms with van der Waals surface area (Å²) < 4.78 is 0. The van der Waals surface area contributed by atoms with E-state index in [0.717, 1.165) is 17.2 Å². The van der Waals surface area contributed by atoms with Gasteiger partial charge in [0.2, 0.25) is 0 Å². The van der Waals surface area contributed by atoms with E-state index in [1.807, 2.05) is 35.7 Å². The molecule has 0 radical (unpaired) electrons. The number of nitrogens with zero attached hydrogens (tertiary/aromatic N) is 1. The largest absolute Gasteiger partial charge is 0.281 e. The van der Waals surface area contributed by atoms with E-state index in [0.29, 0.717) is 0 Å². The maximum Gasteiger partial charge on any atom is 0.0727 e. The predicted octanol–water partition coefficient (Wildman–Crippen LogP) is 4.99. The van der Waals surface area contributed by atoms with Gasteiger partial charge in [0.05, 0.1) is 5.69 Å². The Morgan fingerprint density at radius 3 is 1.95 bits per heavy atom. The quantitative estimate of drug-likeness (QED) is 0.650. The van der Waals surface area contributed by atoms with Crippen LogP contribution in [0.4, 0.5) is 0 Å². The molecule has 0 aliphatic carbocycles. The average molecular weight is 312 g/mol. The lowest BCUT2D eigenvalue weighted by molar-refractivity contribution is 1.00. The number of aromatic nitrogens is 2. The first-order valence-corrected chi connectivity index (χ1v) is 8.76. The molecule has 0 aliphatic heterocycles. The van der Waals surface area contributed by atoms with Gasteiger partial charge in [-0.2, -0.15) is 5.10 Å². The fourth-order valence-electron chi connectivity index (χ4n) is 1.91. The van der Waals surface area contributed by atoms with E-state index in [1.54, 1.807) is 0 Å². The van der Waals surface area contributed by atoms with Crippen molar-refractivity contribution in [1.29, 1.82) is 0 Å². The maximum atomic E-state index is 4.38. The van der Waals surface area contributed by atoms with Gasteiger partial charge in [-0.25, -0.2) is 0 Å². The van der Waals surface area contributed by atoms with Crippen molar-refractivity contribution in [2.45, 2.75) is 21.3 Å². The van der Waals surface area contributed by atoms with Gasteiger partial charge in [-0.15, -0.1) is 23.5 Å². The zero-order valence-electron chi connectivity index (χ0n) is 11.5. The van der Waals surface area contributed by atoms with E-state index < -0.39 is 0 Å². The third kappa shape index (κ3) is 4.41. The van der Waals surface area contributed by atoms with Crippen LogP contribution >= 0.6 is 23.5 Å². The summed E-state index contributed by atoms with van der Waals surface area (Å²) in [6, 6.07) is 23.0. The van der Waals surface area contributed by atoms with Crippen molar-refractivity contribution in [1.82, 2.24) is 10.2 Å². The summed E-state index contributed by atoms with van der Waals surface area (Å²) in [5.41, 5.74) is 2.28. The molecule has 1 heterocycles. The van der Waals surface area contributed by atoms with E-state index in [2.05, 4.69) is 64.8 Å². The van der Waals surface area contributed by atoms with Crippen molar-refractivity contribution in [3.8, 4) is 0 Å². The van der Waals surface area contributed by atoms with Crippen LogP contribution in [0.25, 0.3) is 0 Å². The third-order valence-electron chi connectivity index (χ3n) is 2.95. The molecule has 0 fully saturated rings. The first-order chi connectivity index (χ1) is 10.4. The fourth-order valence-corrected chi connectivity index (χ4v) is 3.54. The second-order valence-corrected chi connectivity index (χ2v) is 6.69. The molecule has 0 spiro atoms. The van der Waals surface area contributed by atoms with Crippen molar-refractivity contribution in [3.63, 3.8) is 0 Å². The molecule has 0 bridgehead atoms. The number of thioether (sulfide) groups is 2. The lowest BCUT2D eigenvalue weighted by Crippen LogP contribution is -1.80. The zero-order chi connectivity index (χ0) is 14.3. The van der Waals surface area contributed by atoms with E-state index in [4.69, 9.17) is 0 Å². The number of rotatable bonds is 6. The number of nitrogens with one attached hydrogen (secondary N) is 1. The standard InChI is InChI=1S/C17H16N2S2/c1-3-7-16(8-4-1)20-12-14-11-15(19-18-14)13-21-17-9-5-2-6-10-17/h1-11H,12-13H2,(H,18,19). The Balaban J connectivity index is 1.52. The van der Waals surface area contributed by atoms with Crippen LogP contribution in [0, 0.1) is 0 Å². The van der Waals surface area contributed by atoms with Crippen LogP contribution in [0.2, 0.25) is 0 Å². The van der Waals surface area contributed by atoms with Crippen LogP contribution in [-0.2, 0) is 11.5 Å². The summed E-state index contributed by atoms with van der Waals surface area (Å²) in [5, 5.41) is 7.51. The number of aromatic amines is 1. The molecule has 2 aromatic carbocycles. The van der Waals surface area contributed by atoms with Crippen molar-refractivity contribution in [2.24, 2.45) is 0 Å². The van der Waals surface area contributed by atoms with Crippen molar-refractivity contribution < 1.29 is 0 Å². The SMILES string of the molecule is c1ccc(SCc2cc(CSc3ccccc3)[nH]n2)cc1. The zero-order valence-corrected chi connectivity index (χ0v) is 13.2. The normalized spacial score (nSPS) is 10.7. The molecule has 1 N–H and O–H groups in total. The number of H-pyrrole nitrogens is 1. The summed E-state index contributed by atoms with van der Waals surface area (Å²) in [5.74, 6) is 1.82. The summed E-state index contributed by atoms with van der Waals surface area (Å²) in [4.78, 5) is 2.56. The van der Waals surface area contributed by atoms with Crippen molar-refractivity contribution in [2.75, 3.05) is 0 Å². The van der Waals surface area contributed by atoms with Gasteiger partial charge in [0.15, 0.2) is 0 Å². The van der Waals surface area contributed by atoms with E-state index in [9.17, 15) is 0 Å². The predicted molar refractivity (Wildman–Crippen MR) is 90.6 cm³/mol. The molecule has 3 aromatic rings. The average Bonchev–Trinajstić information content (AvgIpc) is 3.01. The Morgan fingerprint density at radius 2 is 1.33 bits per heavy atom. The Hall–Kier alpha value is -1.65. The van der Waals surface area contributed by atoms with Gasteiger partial charge < -0.3 is 0 Å². The van der Waals surface area contributed by atoms with Gasteiger partial charge in [0.1, 0.15) is 0 Å². The number of benzene rings is 2. The second-order valence-electron chi connectivity index (χ2n) is 4.59. The van der Waals surface area contributed by atoms with Gasteiger partial charge in [0.25, 0.3) is 0 Å². The lowest BCUT2D eigenvalue weighted by atomic mass is 10.4. The highest BCUT2D eigenvalue weighted by atomic mass is 32.2. The highest BCUT2D eigenvalue weighted by Crippen LogP contribution is 2.24. The minimum Gasteiger partial charge on any atom is -0.281 e. The fraction of sp³-hybridized carbons (Fsp3) is 0.118. The lowest BCUT2D eigenvalue weighted by Gasteiger charge is -1.98. The molecule has 106 valence electrons. The Morgan fingerprint density at radius 1 is 0.762 bits per heavy atom. The van der Waals surface area contributed by atoms with Crippen molar-refractivity contribution >= 4 is 23.5 Å². The third-order valence-corrected chi connectivity index (χ3v) is 5.06. The highest BCUT2D eigenvalue weighted by molar-refractivity contribution is 7.98. The Kier molecular flexibility index (Phi) is 5.03. The molecule has 0 atom stereocenters. The molecular weight excluding hydrogens is 296 g/mol. The molecule has 0 amide bonds. The van der Waals surface area contributed by atoms with Crippen LogP contribution in [0.1, 0.15) is 11.4 Å². The first-order valence-electron chi connectivity index (χ1n) is 6.79. The van der Waals surface area contributed by atoms with Crippen molar-refractivity contribution in [3.05, 3.63) is 78.1 Å². The molecule has 4 heteroatoms. The van der Waals surface area contributed by atoms with Gasteiger partial charge >= 0.3 is 0 Å². The Labute approximate surface area is 133 Å². The topological polar surface area (TPSA) is 28.7 Å².